The molecule has 0 aliphatic carbocycles. The Balaban J connectivity index is 1.68. The number of nitrogens with one attached hydrogen (secondary N) is 2. The first-order valence-electron chi connectivity index (χ1n) is 18.2. The van der Waals surface area contributed by atoms with E-state index in [0.717, 1.165) is 42.4 Å². The first-order valence-corrected chi connectivity index (χ1v) is 20.0. The molecule has 6 atom stereocenters. The van der Waals surface area contributed by atoms with Gasteiger partial charge in [0, 0.05) is 60.6 Å². The van der Waals surface area contributed by atoms with Gasteiger partial charge in [-0.2, -0.15) is 9.13 Å². The van der Waals surface area contributed by atoms with Crippen molar-refractivity contribution in [3.63, 3.8) is 0 Å². The molecule has 45 heavy (non-hydrogen) atoms. The van der Waals surface area contributed by atoms with Gasteiger partial charge in [-0.3, -0.25) is 0 Å². The zero-order valence-electron chi connectivity index (χ0n) is 30.2. The summed E-state index contributed by atoms with van der Waals surface area (Å²) >= 11 is 7.90. The highest BCUT2D eigenvalue weighted by atomic mass is 79.9. The molecule has 2 heterocycles. The number of pyridine rings is 2. The maximum atomic E-state index is 3.95. The number of hydrogen-bond acceptors (Lipinski definition) is 2. The molecule has 2 aromatic heterocycles. The number of hydrogen-bond donors (Lipinski definition) is 2. The molecule has 0 aromatic carbocycles. The maximum Gasteiger partial charge on any atom is 0.211 e. The molecule has 4 nitrogen and oxygen atoms in total. The summed E-state index contributed by atoms with van der Waals surface area (Å²) in [5, 5.41) is 7.40. The molecule has 0 saturated carbocycles. The third-order valence-electron chi connectivity index (χ3n) is 9.12. The molecule has 0 fully saturated rings. The summed E-state index contributed by atoms with van der Waals surface area (Å²) < 4.78 is 4.61. The Morgan fingerprint density at radius 3 is 1.22 bits per heavy atom. The van der Waals surface area contributed by atoms with Gasteiger partial charge in [0.05, 0.1) is 0 Å². The van der Waals surface area contributed by atoms with Crippen LogP contribution in [-0.4, -0.2) is 12.1 Å². The molecule has 0 amide bonds. The number of halogens is 2. The number of anilines is 2. The lowest BCUT2D eigenvalue weighted by atomic mass is 9.93. The quantitative estimate of drug-likeness (QED) is 0.0875. The van der Waals surface area contributed by atoms with E-state index in [0.29, 0.717) is 22.0 Å². The predicted molar refractivity (Wildman–Crippen MR) is 203 cm³/mol. The van der Waals surface area contributed by atoms with Gasteiger partial charge in [-0.05, 0) is 114 Å². The lowest BCUT2D eigenvalue weighted by molar-refractivity contribution is -0.698. The smallest absolute Gasteiger partial charge is 0.211 e. The minimum Gasteiger partial charge on any atom is -0.382 e. The van der Waals surface area contributed by atoms with Gasteiger partial charge in [-0.25, -0.2) is 0 Å². The predicted octanol–water partition coefficient (Wildman–Crippen LogP) is 11.9. The van der Waals surface area contributed by atoms with Crippen molar-refractivity contribution in [3.05, 3.63) is 49.1 Å². The maximum absolute atomic E-state index is 3.95. The van der Waals surface area contributed by atoms with Gasteiger partial charge in [0.1, 0.15) is 0 Å². The van der Waals surface area contributed by atoms with Crippen molar-refractivity contribution < 1.29 is 9.13 Å². The molecule has 6 heteroatoms. The molecule has 256 valence electrons. The summed E-state index contributed by atoms with van der Waals surface area (Å²) in [6.45, 7) is 21.0. The van der Waals surface area contributed by atoms with Gasteiger partial charge in [0.25, 0.3) is 0 Å². The topological polar surface area (TPSA) is 31.8 Å². The Morgan fingerprint density at radius 1 is 0.556 bits per heavy atom. The average Bonchev–Trinajstić information content (AvgIpc) is 2.95. The molecule has 0 radical (unpaired) electrons. The fourth-order valence-corrected chi connectivity index (χ4v) is 8.33. The molecule has 0 aliphatic rings. The van der Waals surface area contributed by atoms with Crippen LogP contribution in [0.3, 0.4) is 0 Å². The normalized spacial score (nSPS) is 16.6. The van der Waals surface area contributed by atoms with Crippen LogP contribution in [0.5, 0.6) is 0 Å². The van der Waals surface area contributed by atoms with E-state index >= 15 is 0 Å². The van der Waals surface area contributed by atoms with Crippen LogP contribution in [0, 0.1) is 29.6 Å². The SMILES string of the molecule is CCC(CCCC(Br)[n+]1ccc(NC(C)CC(C)CC(C)C)cc1)CCCC(Br)[n+]1ccc(NC(C)CC(C)CC(C)C)cc1. The van der Waals surface area contributed by atoms with E-state index in [2.05, 4.69) is 163 Å². The Labute approximate surface area is 295 Å². The second kappa shape index (κ2) is 21.7. The highest BCUT2D eigenvalue weighted by molar-refractivity contribution is 9.09. The Hall–Kier alpha value is -1.14. The van der Waals surface area contributed by atoms with E-state index in [1.54, 1.807) is 0 Å². The molecular weight excluding hydrogens is 684 g/mol. The number of alkyl halides is 2. The molecule has 2 aromatic rings. The largest absolute Gasteiger partial charge is 0.382 e. The summed E-state index contributed by atoms with van der Waals surface area (Å²) in [5.41, 5.74) is 2.43. The third kappa shape index (κ3) is 17.0. The van der Waals surface area contributed by atoms with Crippen LogP contribution < -0.4 is 19.8 Å². The van der Waals surface area contributed by atoms with Crippen molar-refractivity contribution in [2.24, 2.45) is 29.6 Å². The van der Waals surface area contributed by atoms with Crippen LogP contribution in [0.2, 0.25) is 0 Å². The average molecular weight is 753 g/mol. The second-order valence-electron chi connectivity index (χ2n) is 15.1. The summed E-state index contributed by atoms with van der Waals surface area (Å²) in [7, 11) is 0. The van der Waals surface area contributed by atoms with Crippen LogP contribution >= 0.6 is 31.9 Å². The Bertz CT molecular complexity index is 945. The first-order chi connectivity index (χ1) is 21.4. The van der Waals surface area contributed by atoms with E-state index in [1.165, 1.54) is 69.2 Å². The fraction of sp³-hybridized carbons (Fsp3) is 0.744. The van der Waals surface area contributed by atoms with Crippen molar-refractivity contribution >= 4 is 43.2 Å². The first kappa shape index (κ1) is 40.0. The van der Waals surface area contributed by atoms with Crippen molar-refractivity contribution in [1.29, 1.82) is 0 Å². The van der Waals surface area contributed by atoms with Crippen molar-refractivity contribution in [2.75, 3.05) is 10.6 Å². The zero-order chi connectivity index (χ0) is 33.4. The van der Waals surface area contributed by atoms with Crippen LogP contribution in [0.15, 0.2) is 49.1 Å². The van der Waals surface area contributed by atoms with E-state index in [1.807, 2.05) is 0 Å². The summed E-state index contributed by atoms with van der Waals surface area (Å²) in [6.07, 6.45) is 22.6. The summed E-state index contributed by atoms with van der Waals surface area (Å²) in [6, 6.07) is 9.87. The molecule has 6 unspecified atom stereocenters. The standard InChI is InChI=1S/C39H66Br2N4/c1-10-35(13-11-15-38(40)44-21-17-36(18-22-44)42-33(8)27-31(6)25-29(2)3)14-12-16-39(41)45-23-19-37(20-24-45)43-34(9)28-32(7)26-30(4)5/h17-24,29-35,38-39H,10-16,25-28H2,1-9H3/p+2. The number of nitrogens with zero attached hydrogens (tertiary/aromatic N) is 2. The molecule has 0 spiro atoms. The van der Waals surface area contributed by atoms with Crippen molar-refractivity contribution in [3.8, 4) is 0 Å². The molecule has 2 rings (SSSR count). The van der Waals surface area contributed by atoms with Gasteiger partial charge in [0.2, 0.25) is 9.90 Å². The number of aromatic nitrogens is 2. The fourth-order valence-electron chi connectivity index (χ4n) is 7.14. The minimum absolute atomic E-state index is 0.347. The van der Waals surface area contributed by atoms with E-state index in [9.17, 15) is 0 Å². The van der Waals surface area contributed by atoms with E-state index in [-0.39, 0.29) is 0 Å². The van der Waals surface area contributed by atoms with Gasteiger partial charge >= 0.3 is 0 Å². The van der Waals surface area contributed by atoms with Crippen LogP contribution in [-0.2, 0) is 0 Å². The van der Waals surface area contributed by atoms with Crippen LogP contribution in [0.4, 0.5) is 11.4 Å². The lowest BCUT2D eigenvalue weighted by Crippen LogP contribution is -2.35. The highest BCUT2D eigenvalue weighted by Crippen LogP contribution is 2.26. The zero-order valence-corrected chi connectivity index (χ0v) is 33.4. The highest BCUT2D eigenvalue weighted by Gasteiger charge is 2.19. The lowest BCUT2D eigenvalue weighted by Gasteiger charge is -2.20. The molecule has 0 saturated heterocycles. The Morgan fingerprint density at radius 2 is 0.911 bits per heavy atom. The molecule has 2 N–H and O–H groups in total. The van der Waals surface area contributed by atoms with E-state index in [4.69, 9.17) is 0 Å². The Kier molecular flexibility index (Phi) is 19.3. The van der Waals surface area contributed by atoms with Gasteiger partial charge < -0.3 is 10.6 Å². The molecular formula is C39H68Br2N4+2. The van der Waals surface area contributed by atoms with E-state index < -0.39 is 0 Å². The second-order valence-corrected chi connectivity index (χ2v) is 17.2. The van der Waals surface area contributed by atoms with Gasteiger partial charge in [-0.15, -0.1) is 0 Å². The molecule has 0 aliphatic heterocycles. The summed E-state index contributed by atoms with van der Waals surface area (Å²) in [4.78, 5) is 0.694. The van der Waals surface area contributed by atoms with Crippen LogP contribution in [0.1, 0.15) is 143 Å². The monoisotopic (exact) mass is 750 g/mol. The molecule has 0 bridgehead atoms. The van der Waals surface area contributed by atoms with Crippen molar-refractivity contribution in [1.82, 2.24) is 0 Å². The van der Waals surface area contributed by atoms with Crippen molar-refractivity contribution in [2.45, 2.75) is 155 Å². The van der Waals surface area contributed by atoms with Gasteiger partial charge in [-0.1, -0.05) is 67.7 Å². The minimum atomic E-state index is 0.347. The third-order valence-corrected chi connectivity index (χ3v) is 11.0. The summed E-state index contributed by atoms with van der Waals surface area (Å²) in [5.74, 6) is 3.85. The van der Waals surface area contributed by atoms with Crippen LogP contribution in [0.25, 0.3) is 0 Å². The number of rotatable bonds is 23. The van der Waals surface area contributed by atoms with Gasteiger partial charge in [0.15, 0.2) is 24.8 Å².